The van der Waals surface area contributed by atoms with Crippen molar-refractivity contribution >= 4 is 34.7 Å². The number of oxazole rings is 1. The number of benzene rings is 1. The van der Waals surface area contributed by atoms with Gasteiger partial charge in [-0.1, -0.05) is 11.6 Å². The minimum Gasteiger partial charge on any atom is -0.444 e. The molecule has 8 heteroatoms. The number of carbonyl (C=O) groups excluding carboxylic acids is 2. The molecule has 2 fully saturated rings. The first kappa shape index (κ1) is 21.9. The molecule has 3 heterocycles. The Morgan fingerprint density at radius 2 is 1.71 bits per heavy atom. The van der Waals surface area contributed by atoms with Crippen molar-refractivity contribution < 1.29 is 18.7 Å². The zero-order chi connectivity index (χ0) is 22.2. The number of likely N-dealkylation sites (tertiary alicyclic amines) is 2. The second-order valence-electron chi connectivity index (χ2n) is 9.51. The summed E-state index contributed by atoms with van der Waals surface area (Å²) in [5.74, 6) is 1.12. The molecule has 0 unspecified atom stereocenters. The summed E-state index contributed by atoms with van der Waals surface area (Å²) < 4.78 is 11.4. The average Bonchev–Trinajstić information content (AvgIpc) is 3.15. The summed E-state index contributed by atoms with van der Waals surface area (Å²) in [5.41, 5.74) is 1.02. The lowest BCUT2D eigenvalue weighted by atomic mass is 9.92. The normalized spacial score (nSPS) is 19.1. The van der Waals surface area contributed by atoms with Gasteiger partial charge in [-0.15, -0.1) is 0 Å². The number of rotatable bonds is 2. The zero-order valence-corrected chi connectivity index (χ0v) is 19.2. The maximum atomic E-state index is 13.0. The predicted molar refractivity (Wildman–Crippen MR) is 118 cm³/mol. The van der Waals surface area contributed by atoms with E-state index < -0.39 is 5.60 Å². The molecule has 2 aliphatic heterocycles. The summed E-state index contributed by atoms with van der Waals surface area (Å²) in [5, 5.41) is 0.644. The van der Waals surface area contributed by atoms with Crippen LogP contribution in [0.2, 0.25) is 5.02 Å². The highest BCUT2D eigenvalue weighted by atomic mass is 35.5. The number of hydrogen-bond donors (Lipinski definition) is 0. The van der Waals surface area contributed by atoms with E-state index in [1.54, 1.807) is 11.0 Å². The molecule has 1 aromatic carbocycles. The molecule has 4 rings (SSSR count). The highest BCUT2D eigenvalue weighted by Crippen LogP contribution is 2.32. The van der Waals surface area contributed by atoms with Crippen LogP contribution >= 0.6 is 11.6 Å². The molecule has 2 aromatic rings. The Morgan fingerprint density at radius 1 is 1.06 bits per heavy atom. The SMILES string of the molecule is CC(C)(C)OC(=O)N1CCC(C(=O)N2CCC(c3nc4cc(Cl)ccc4o3)CC2)CC1. The van der Waals surface area contributed by atoms with Gasteiger partial charge in [0.05, 0.1) is 0 Å². The van der Waals surface area contributed by atoms with Crippen LogP contribution in [0.25, 0.3) is 11.1 Å². The predicted octanol–water partition coefficient (Wildman–Crippen LogP) is 4.83. The number of carbonyl (C=O) groups is 2. The number of amides is 2. The molecule has 0 N–H and O–H groups in total. The molecule has 31 heavy (non-hydrogen) atoms. The largest absolute Gasteiger partial charge is 0.444 e. The Kier molecular flexibility index (Phi) is 6.15. The van der Waals surface area contributed by atoms with Gasteiger partial charge in [-0.05, 0) is 64.7 Å². The lowest BCUT2D eigenvalue weighted by Crippen LogP contribution is -2.47. The van der Waals surface area contributed by atoms with E-state index in [0.29, 0.717) is 44.0 Å². The summed E-state index contributed by atoms with van der Waals surface area (Å²) >= 11 is 6.04. The van der Waals surface area contributed by atoms with Gasteiger partial charge in [-0.2, -0.15) is 0 Å². The Morgan fingerprint density at radius 3 is 2.35 bits per heavy atom. The van der Waals surface area contributed by atoms with E-state index in [9.17, 15) is 9.59 Å². The van der Waals surface area contributed by atoms with Gasteiger partial charge in [0.25, 0.3) is 0 Å². The van der Waals surface area contributed by atoms with E-state index >= 15 is 0 Å². The van der Waals surface area contributed by atoms with Gasteiger partial charge in [0.1, 0.15) is 11.1 Å². The molecule has 0 radical (unpaired) electrons. The molecule has 1 aromatic heterocycles. The van der Waals surface area contributed by atoms with Crippen molar-refractivity contribution in [1.29, 1.82) is 0 Å². The van der Waals surface area contributed by atoms with Crippen LogP contribution in [0.3, 0.4) is 0 Å². The smallest absolute Gasteiger partial charge is 0.410 e. The topological polar surface area (TPSA) is 75.9 Å². The number of ether oxygens (including phenoxy) is 1. The van der Waals surface area contributed by atoms with Crippen molar-refractivity contribution in [3.63, 3.8) is 0 Å². The quantitative estimate of drug-likeness (QED) is 0.658. The number of nitrogens with zero attached hydrogens (tertiary/aromatic N) is 3. The van der Waals surface area contributed by atoms with Crippen molar-refractivity contribution in [1.82, 2.24) is 14.8 Å². The van der Waals surface area contributed by atoms with Gasteiger partial charge in [-0.25, -0.2) is 9.78 Å². The minimum absolute atomic E-state index is 0.0262. The summed E-state index contributed by atoms with van der Waals surface area (Å²) in [7, 11) is 0. The maximum Gasteiger partial charge on any atom is 0.410 e. The highest BCUT2D eigenvalue weighted by Gasteiger charge is 2.34. The van der Waals surface area contributed by atoms with Crippen LogP contribution in [0.4, 0.5) is 4.79 Å². The van der Waals surface area contributed by atoms with Crippen LogP contribution in [0.1, 0.15) is 58.3 Å². The van der Waals surface area contributed by atoms with Crippen molar-refractivity contribution in [2.45, 2.75) is 58.0 Å². The van der Waals surface area contributed by atoms with Gasteiger partial charge < -0.3 is 19.0 Å². The molecular formula is C23H30ClN3O4. The number of aromatic nitrogens is 1. The second-order valence-corrected chi connectivity index (χ2v) is 9.94. The summed E-state index contributed by atoms with van der Waals surface area (Å²) in [6.07, 6.45) is 2.75. The molecule has 0 spiro atoms. The van der Waals surface area contributed by atoms with E-state index in [2.05, 4.69) is 4.98 Å². The van der Waals surface area contributed by atoms with Crippen LogP contribution in [0, 0.1) is 5.92 Å². The molecule has 0 saturated carbocycles. The third kappa shape index (κ3) is 5.14. The van der Waals surface area contributed by atoms with Crippen LogP contribution < -0.4 is 0 Å². The van der Waals surface area contributed by atoms with E-state index in [1.165, 1.54) is 0 Å². The molecule has 2 saturated heterocycles. The summed E-state index contributed by atoms with van der Waals surface area (Å²) in [6, 6.07) is 5.46. The van der Waals surface area contributed by atoms with Crippen LogP contribution in [0.5, 0.6) is 0 Å². The Balaban J connectivity index is 1.28. The van der Waals surface area contributed by atoms with Crippen molar-refractivity contribution in [2.75, 3.05) is 26.2 Å². The van der Waals surface area contributed by atoms with Crippen LogP contribution in [0.15, 0.2) is 22.6 Å². The molecule has 0 aliphatic carbocycles. The Bertz CT molecular complexity index is 951. The van der Waals surface area contributed by atoms with Crippen LogP contribution in [-0.2, 0) is 9.53 Å². The van der Waals surface area contributed by atoms with E-state index in [1.807, 2.05) is 37.8 Å². The van der Waals surface area contributed by atoms with Gasteiger partial charge >= 0.3 is 6.09 Å². The highest BCUT2D eigenvalue weighted by molar-refractivity contribution is 6.31. The van der Waals surface area contributed by atoms with Crippen molar-refractivity contribution in [3.05, 3.63) is 29.1 Å². The first-order valence-electron chi connectivity index (χ1n) is 11.0. The number of halogens is 1. The van der Waals surface area contributed by atoms with E-state index in [0.717, 1.165) is 29.8 Å². The molecule has 0 bridgehead atoms. The number of hydrogen-bond acceptors (Lipinski definition) is 5. The van der Waals surface area contributed by atoms with Crippen molar-refractivity contribution in [2.24, 2.45) is 5.92 Å². The van der Waals surface area contributed by atoms with Gasteiger partial charge in [0, 0.05) is 43.0 Å². The number of fused-ring (bicyclic) bond motifs is 1. The molecule has 0 atom stereocenters. The second kappa shape index (κ2) is 8.69. The monoisotopic (exact) mass is 447 g/mol. The molecule has 2 aliphatic rings. The number of piperidine rings is 2. The minimum atomic E-state index is -0.505. The zero-order valence-electron chi connectivity index (χ0n) is 18.4. The third-order valence-corrected chi connectivity index (χ3v) is 6.25. The lowest BCUT2D eigenvalue weighted by molar-refractivity contribution is -0.138. The van der Waals surface area contributed by atoms with Gasteiger partial charge in [0.2, 0.25) is 5.91 Å². The van der Waals surface area contributed by atoms with Gasteiger partial charge in [-0.3, -0.25) is 4.79 Å². The van der Waals surface area contributed by atoms with E-state index in [-0.39, 0.29) is 23.8 Å². The lowest BCUT2D eigenvalue weighted by Gasteiger charge is -2.37. The average molecular weight is 448 g/mol. The maximum absolute atomic E-state index is 13.0. The third-order valence-electron chi connectivity index (χ3n) is 6.02. The van der Waals surface area contributed by atoms with Crippen LogP contribution in [-0.4, -0.2) is 58.6 Å². The first-order valence-corrected chi connectivity index (χ1v) is 11.4. The summed E-state index contributed by atoms with van der Waals surface area (Å²) in [4.78, 5) is 33.5. The first-order chi connectivity index (χ1) is 14.7. The molecule has 7 nitrogen and oxygen atoms in total. The molecular weight excluding hydrogens is 418 g/mol. The molecule has 168 valence electrons. The fourth-order valence-corrected chi connectivity index (χ4v) is 4.50. The van der Waals surface area contributed by atoms with Gasteiger partial charge in [0.15, 0.2) is 11.5 Å². The van der Waals surface area contributed by atoms with Crippen molar-refractivity contribution in [3.8, 4) is 0 Å². The fraction of sp³-hybridized carbons (Fsp3) is 0.609. The Hall–Kier alpha value is -2.28. The molecule has 2 amide bonds. The van der Waals surface area contributed by atoms with E-state index in [4.69, 9.17) is 20.8 Å². The standard InChI is InChI=1S/C23H30ClN3O4/c1-23(2,3)31-22(29)27-12-8-16(9-13-27)21(28)26-10-6-15(7-11-26)20-25-18-14-17(24)4-5-19(18)30-20/h4-5,14-16H,6-13H2,1-3H3. The Labute approximate surface area is 187 Å². The fourth-order valence-electron chi connectivity index (χ4n) is 4.33. The summed E-state index contributed by atoms with van der Waals surface area (Å²) in [6.45, 7) is 8.12.